The van der Waals surface area contributed by atoms with Gasteiger partial charge in [-0.05, 0) is 36.4 Å². The molecule has 19 heavy (non-hydrogen) atoms. The summed E-state index contributed by atoms with van der Waals surface area (Å²) in [5.41, 5.74) is 1.42. The molecule has 1 aliphatic heterocycles. The highest BCUT2D eigenvalue weighted by Crippen LogP contribution is 2.20. The van der Waals surface area contributed by atoms with Gasteiger partial charge in [0, 0.05) is 29.5 Å². The van der Waals surface area contributed by atoms with Crippen molar-refractivity contribution in [3.8, 4) is 5.75 Å². The van der Waals surface area contributed by atoms with E-state index in [0.717, 1.165) is 11.1 Å². The molecule has 0 saturated heterocycles. The minimum Gasteiger partial charge on any atom is -0.508 e. The smallest absolute Gasteiger partial charge is 0.254 e. The lowest BCUT2D eigenvalue weighted by molar-refractivity contribution is 0.475. The predicted molar refractivity (Wildman–Crippen MR) is 74.9 cm³/mol. The molecule has 2 rings (SSSR count). The number of nitrogens with one attached hydrogen (secondary N) is 1. The molecular weight excluding hydrogens is 264 g/mol. The largest absolute Gasteiger partial charge is 0.508 e. The van der Waals surface area contributed by atoms with Crippen LogP contribution in [0.5, 0.6) is 5.75 Å². The molecule has 0 atom stereocenters. The van der Waals surface area contributed by atoms with Gasteiger partial charge in [0.1, 0.15) is 5.75 Å². The van der Waals surface area contributed by atoms with Crippen LogP contribution in [0.2, 0.25) is 0 Å². The van der Waals surface area contributed by atoms with Gasteiger partial charge in [-0.25, -0.2) is 8.42 Å². The van der Waals surface area contributed by atoms with Crippen molar-refractivity contribution in [3.05, 3.63) is 60.3 Å². The minimum absolute atomic E-state index is 0.208. The van der Waals surface area contributed by atoms with E-state index in [9.17, 15) is 13.5 Å². The van der Waals surface area contributed by atoms with Crippen molar-refractivity contribution in [1.29, 1.82) is 0 Å². The Balaban J connectivity index is 2.07. The fourth-order valence-electron chi connectivity index (χ4n) is 1.61. The third-order valence-corrected chi connectivity index (χ3v) is 3.56. The van der Waals surface area contributed by atoms with Crippen LogP contribution in [0.3, 0.4) is 0 Å². The van der Waals surface area contributed by atoms with E-state index in [4.69, 9.17) is 0 Å². The second-order valence-electron chi connectivity index (χ2n) is 3.96. The van der Waals surface area contributed by atoms with Crippen molar-refractivity contribution >= 4 is 15.7 Å². The molecule has 0 aliphatic carbocycles. The SMILES string of the molecule is C=CS(=O)(=O)NC1=CCN(c2ccc(O)cc2)C=C1. The number of hydrogen-bond donors (Lipinski definition) is 2. The molecule has 0 bridgehead atoms. The molecule has 0 aromatic heterocycles. The molecule has 0 saturated carbocycles. The lowest BCUT2D eigenvalue weighted by Gasteiger charge is -2.22. The summed E-state index contributed by atoms with van der Waals surface area (Å²) in [7, 11) is -3.46. The summed E-state index contributed by atoms with van der Waals surface area (Å²) in [6, 6.07) is 6.77. The summed E-state index contributed by atoms with van der Waals surface area (Å²) < 4.78 is 25.0. The first kappa shape index (κ1) is 13.2. The lowest BCUT2D eigenvalue weighted by Crippen LogP contribution is -2.25. The molecule has 5 nitrogen and oxygen atoms in total. The zero-order valence-corrected chi connectivity index (χ0v) is 11.0. The van der Waals surface area contributed by atoms with Gasteiger partial charge >= 0.3 is 0 Å². The fraction of sp³-hybridized carbons (Fsp3) is 0.0769. The summed E-state index contributed by atoms with van der Waals surface area (Å²) in [6.07, 6.45) is 5.19. The maximum Gasteiger partial charge on any atom is 0.254 e. The first-order valence-electron chi connectivity index (χ1n) is 5.59. The number of anilines is 1. The molecule has 0 radical (unpaired) electrons. The van der Waals surface area contributed by atoms with Crippen LogP contribution in [-0.2, 0) is 10.0 Å². The number of benzene rings is 1. The molecule has 6 heteroatoms. The zero-order valence-electron chi connectivity index (χ0n) is 10.2. The first-order valence-corrected chi connectivity index (χ1v) is 7.14. The number of phenolic OH excluding ortho intramolecular Hbond substituents is 1. The Morgan fingerprint density at radius 1 is 1.32 bits per heavy atom. The Bertz CT molecular complexity index is 630. The number of aromatic hydroxyl groups is 1. The van der Waals surface area contributed by atoms with Crippen molar-refractivity contribution in [3.63, 3.8) is 0 Å². The molecule has 100 valence electrons. The number of rotatable bonds is 4. The fourth-order valence-corrected chi connectivity index (χ4v) is 2.18. The highest BCUT2D eigenvalue weighted by Gasteiger charge is 2.10. The zero-order chi connectivity index (χ0) is 13.9. The molecule has 1 aromatic rings. The predicted octanol–water partition coefficient (Wildman–Crippen LogP) is 1.67. The van der Waals surface area contributed by atoms with Gasteiger partial charge in [0.2, 0.25) is 0 Å². The van der Waals surface area contributed by atoms with Crippen molar-refractivity contribution in [2.75, 3.05) is 11.4 Å². The van der Waals surface area contributed by atoms with E-state index >= 15 is 0 Å². The molecule has 1 aromatic carbocycles. The van der Waals surface area contributed by atoms with Crippen molar-refractivity contribution in [2.24, 2.45) is 0 Å². The standard InChI is InChI=1S/C13H14N2O3S/c1-2-19(17,18)14-11-7-9-15(10-8-11)12-3-5-13(16)6-4-12/h2-9,14,16H,1,10H2. The Morgan fingerprint density at radius 3 is 2.53 bits per heavy atom. The number of sulfonamides is 1. The van der Waals surface area contributed by atoms with Crippen LogP contribution in [0, 0.1) is 0 Å². The Labute approximate surface area is 112 Å². The van der Waals surface area contributed by atoms with E-state index in [1.165, 1.54) is 0 Å². The van der Waals surface area contributed by atoms with E-state index in [1.807, 2.05) is 4.90 Å². The number of nitrogens with zero attached hydrogens (tertiary/aromatic N) is 1. The van der Waals surface area contributed by atoms with Crippen LogP contribution < -0.4 is 9.62 Å². The van der Waals surface area contributed by atoms with Crippen LogP contribution in [0.25, 0.3) is 0 Å². The average Bonchev–Trinajstić information content (AvgIpc) is 2.40. The summed E-state index contributed by atoms with van der Waals surface area (Å²) >= 11 is 0. The van der Waals surface area contributed by atoms with Crippen molar-refractivity contribution in [2.45, 2.75) is 0 Å². The number of allylic oxidation sites excluding steroid dienone is 1. The van der Waals surface area contributed by atoms with Crippen LogP contribution in [0.4, 0.5) is 5.69 Å². The second-order valence-corrected chi connectivity index (χ2v) is 5.59. The van der Waals surface area contributed by atoms with Crippen LogP contribution in [-0.4, -0.2) is 20.1 Å². The van der Waals surface area contributed by atoms with Gasteiger partial charge in [0.05, 0.1) is 0 Å². The molecular formula is C13H14N2O3S. The molecule has 0 spiro atoms. The van der Waals surface area contributed by atoms with E-state index < -0.39 is 10.0 Å². The topological polar surface area (TPSA) is 69.6 Å². The lowest BCUT2D eigenvalue weighted by atomic mass is 10.2. The summed E-state index contributed by atoms with van der Waals surface area (Å²) in [4.78, 5) is 1.92. The van der Waals surface area contributed by atoms with Crippen LogP contribution >= 0.6 is 0 Å². The highest BCUT2D eigenvalue weighted by molar-refractivity contribution is 7.92. The number of hydrogen-bond acceptors (Lipinski definition) is 4. The Kier molecular flexibility index (Phi) is 3.62. The molecule has 0 amide bonds. The summed E-state index contributed by atoms with van der Waals surface area (Å²) in [5, 5.41) is 10.1. The van der Waals surface area contributed by atoms with Gasteiger partial charge in [0.25, 0.3) is 10.0 Å². The van der Waals surface area contributed by atoms with E-state index in [2.05, 4.69) is 11.3 Å². The molecule has 1 heterocycles. The quantitative estimate of drug-likeness (QED) is 0.879. The molecule has 0 unspecified atom stereocenters. The van der Waals surface area contributed by atoms with Gasteiger partial charge in [-0.1, -0.05) is 6.58 Å². The van der Waals surface area contributed by atoms with Gasteiger partial charge in [0.15, 0.2) is 0 Å². The minimum atomic E-state index is -3.46. The van der Waals surface area contributed by atoms with E-state index in [1.54, 1.807) is 42.6 Å². The summed E-state index contributed by atoms with van der Waals surface area (Å²) in [6.45, 7) is 3.77. The van der Waals surface area contributed by atoms with Gasteiger partial charge in [-0.15, -0.1) is 0 Å². The summed E-state index contributed by atoms with van der Waals surface area (Å²) in [5.74, 6) is 0.208. The maximum atomic E-state index is 11.3. The second kappa shape index (κ2) is 5.19. The third-order valence-electron chi connectivity index (χ3n) is 2.60. The third kappa shape index (κ3) is 3.38. The number of phenols is 1. The van der Waals surface area contributed by atoms with Crippen LogP contribution in [0.15, 0.2) is 60.3 Å². The molecule has 2 N–H and O–H groups in total. The molecule has 1 aliphatic rings. The maximum absolute atomic E-state index is 11.3. The Hall–Kier alpha value is -2.21. The average molecular weight is 278 g/mol. The first-order chi connectivity index (χ1) is 9.00. The Morgan fingerprint density at radius 2 is 2.00 bits per heavy atom. The van der Waals surface area contributed by atoms with Gasteiger partial charge < -0.3 is 10.0 Å². The normalized spacial score (nSPS) is 14.9. The van der Waals surface area contributed by atoms with Crippen molar-refractivity contribution in [1.82, 2.24) is 4.72 Å². The monoisotopic (exact) mass is 278 g/mol. The van der Waals surface area contributed by atoms with Crippen molar-refractivity contribution < 1.29 is 13.5 Å². The van der Waals surface area contributed by atoms with Crippen LogP contribution in [0.1, 0.15) is 0 Å². The van der Waals surface area contributed by atoms with E-state index in [0.29, 0.717) is 12.2 Å². The van der Waals surface area contributed by atoms with E-state index in [-0.39, 0.29) is 5.75 Å². The van der Waals surface area contributed by atoms with Gasteiger partial charge in [-0.2, -0.15) is 0 Å². The highest BCUT2D eigenvalue weighted by atomic mass is 32.2. The van der Waals surface area contributed by atoms with Gasteiger partial charge in [-0.3, -0.25) is 4.72 Å². The molecule has 0 fully saturated rings.